The molecule has 0 aliphatic heterocycles. The second-order valence-corrected chi connectivity index (χ2v) is 6.18. The van der Waals surface area contributed by atoms with Crippen LogP contribution in [0.1, 0.15) is 27.8 Å². The molecule has 0 aliphatic rings. The molecule has 10 heteroatoms. The third-order valence-corrected chi connectivity index (χ3v) is 4.56. The van der Waals surface area contributed by atoms with Gasteiger partial charge in [-0.25, -0.2) is 13.6 Å². The van der Waals surface area contributed by atoms with E-state index in [1.54, 1.807) is 0 Å². The van der Waals surface area contributed by atoms with Gasteiger partial charge >= 0.3 is 5.97 Å². The Balaban J connectivity index is 2.39. The third kappa shape index (κ3) is 3.78. The molecule has 1 N–H and O–H groups in total. The second-order valence-electron chi connectivity index (χ2n) is 5.02. The van der Waals surface area contributed by atoms with Gasteiger partial charge in [0.05, 0.1) is 21.8 Å². The van der Waals surface area contributed by atoms with Crippen molar-refractivity contribution < 1.29 is 27.9 Å². The molecule has 0 saturated carbocycles. The number of nitrogens with zero attached hydrogens (tertiary/aromatic N) is 1. The zero-order valence-electron chi connectivity index (χ0n) is 13.5. The fourth-order valence-corrected chi connectivity index (χ4v) is 2.84. The Hall–Kier alpha value is -2.26. The molecule has 0 spiro atoms. The summed E-state index contributed by atoms with van der Waals surface area (Å²) >= 11 is 8.62. The molecule has 1 aromatic heterocycles. The number of ketones is 1. The van der Waals surface area contributed by atoms with Gasteiger partial charge < -0.3 is 14.6 Å². The SMILES string of the molecule is CCOC(=O)C(=O)c1c(F)c(C(=O)Nc2ccc(F)c(Cl)c2)n(C)c1Br. The number of hydrogen-bond donors (Lipinski definition) is 1. The zero-order chi connectivity index (χ0) is 19.6. The minimum absolute atomic E-state index is 0.0602. The van der Waals surface area contributed by atoms with Gasteiger partial charge in [-0.2, -0.15) is 0 Å². The Morgan fingerprint density at radius 1 is 1.31 bits per heavy atom. The molecule has 1 amide bonds. The summed E-state index contributed by atoms with van der Waals surface area (Å²) < 4.78 is 33.4. The lowest BCUT2D eigenvalue weighted by Gasteiger charge is -2.07. The lowest BCUT2D eigenvalue weighted by Crippen LogP contribution is -2.19. The predicted molar refractivity (Wildman–Crippen MR) is 93.4 cm³/mol. The number of hydrogen-bond acceptors (Lipinski definition) is 4. The average molecular weight is 450 g/mol. The fraction of sp³-hybridized carbons (Fsp3) is 0.188. The van der Waals surface area contributed by atoms with Gasteiger partial charge in [-0.1, -0.05) is 11.6 Å². The summed E-state index contributed by atoms with van der Waals surface area (Å²) in [5.41, 5.74) is -1.00. The van der Waals surface area contributed by atoms with E-state index in [1.807, 2.05) is 0 Å². The highest BCUT2D eigenvalue weighted by atomic mass is 79.9. The van der Waals surface area contributed by atoms with Crippen LogP contribution >= 0.6 is 27.5 Å². The van der Waals surface area contributed by atoms with Crippen LogP contribution in [0.3, 0.4) is 0 Å². The second kappa shape index (κ2) is 7.96. The van der Waals surface area contributed by atoms with Gasteiger partial charge in [0.25, 0.3) is 11.7 Å². The normalized spacial score (nSPS) is 10.5. The zero-order valence-corrected chi connectivity index (χ0v) is 15.9. The molecule has 0 saturated heterocycles. The molecular weight excluding hydrogens is 438 g/mol. The number of anilines is 1. The lowest BCUT2D eigenvalue weighted by molar-refractivity contribution is -0.137. The first kappa shape index (κ1) is 20.1. The van der Waals surface area contributed by atoms with Crippen molar-refractivity contribution in [3.8, 4) is 0 Å². The number of carbonyl (C=O) groups is 3. The Morgan fingerprint density at radius 3 is 2.54 bits per heavy atom. The highest BCUT2D eigenvalue weighted by Crippen LogP contribution is 2.28. The number of rotatable bonds is 5. The molecule has 6 nitrogen and oxygen atoms in total. The minimum Gasteiger partial charge on any atom is -0.460 e. The molecule has 26 heavy (non-hydrogen) atoms. The molecule has 2 aromatic rings. The van der Waals surface area contributed by atoms with Crippen molar-refractivity contribution in [2.24, 2.45) is 7.05 Å². The maximum absolute atomic E-state index is 14.7. The molecule has 138 valence electrons. The molecule has 0 atom stereocenters. The van der Waals surface area contributed by atoms with E-state index < -0.39 is 40.6 Å². The van der Waals surface area contributed by atoms with Gasteiger partial charge in [0.1, 0.15) is 11.5 Å². The van der Waals surface area contributed by atoms with Crippen LogP contribution in [0.2, 0.25) is 5.02 Å². The number of aromatic nitrogens is 1. The molecule has 0 unspecified atom stereocenters. The molecule has 0 fully saturated rings. The van der Waals surface area contributed by atoms with E-state index in [-0.39, 0.29) is 21.9 Å². The first-order valence-electron chi connectivity index (χ1n) is 7.20. The van der Waals surface area contributed by atoms with Crippen molar-refractivity contribution in [1.82, 2.24) is 4.57 Å². The van der Waals surface area contributed by atoms with Crippen molar-refractivity contribution in [1.29, 1.82) is 0 Å². The highest BCUT2D eigenvalue weighted by Gasteiger charge is 2.32. The molecular formula is C16H12BrClF2N2O4. The summed E-state index contributed by atoms with van der Waals surface area (Å²) in [7, 11) is 1.32. The van der Waals surface area contributed by atoms with Crippen LogP contribution < -0.4 is 5.32 Å². The first-order chi connectivity index (χ1) is 12.2. The number of ether oxygens (including phenoxy) is 1. The Morgan fingerprint density at radius 2 is 1.96 bits per heavy atom. The van der Waals surface area contributed by atoms with Crippen LogP contribution in [-0.4, -0.2) is 28.8 Å². The van der Waals surface area contributed by atoms with E-state index in [9.17, 15) is 23.2 Å². The summed E-state index contributed by atoms with van der Waals surface area (Å²) in [6.45, 7) is 1.43. The standard InChI is InChI=1S/C16H12BrClF2N2O4/c1-3-26-16(25)13(23)10-11(20)12(22(2)14(10)17)15(24)21-7-4-5-9(19)8(18)6-7/h4-6H,3H2,1-2H3,(H,21,24). The molecule has 0 bridgehead atoms. The van der Waals surface area contributed by atoms with E-state index in [4.69, 9.17) is 11.6 Å². The third-order valence-electron chi connectivity index (χ3n) is 3.34. The fourth-order valence-electron chi connectivity index (χ4n) is 2.13. The monoisotopic (exact) mass is 448 g/mol. The lowest BCUT2D eigenvalue weighted by atomic mass is 10.2. The predicted octanol–water partition coefficient (Wildman–Crippen LogP) is 3.72. The van der Waals surface area contributed by atoms with Gasteiger partial charge in [0.15, 0.2) is 5.82 Å². The van der Waals surface area contributed by atoms with E-state index in [1.165, 1.54) is 20.0 Å². The number of carbonyl (C=O) groups excluding carboxylic acids is 3. The van der Waals surface area contributed by atoms with E-state index in [0.29, 0.717) is 0 Å². The number of nitrogens with one attached hydrogen (secondary N) is 1. The van der Waals surface area contributed by atoms with Crippen LogP contribution in [-0.2, 0) is 16.6 Å². The van der Waals surface area contributed by atoms with Crippen LogP contribution in [0.4, 0.5) is 14.5 Å². The maximum atomic E-state index is 14.7. The molecule has 0 radical (unpaired) electrons. The van der Waals surface area contributed by atoms with Crippen molar-refractivity contribution in [2.75, 3.05) is 11.9 Å². The summed E-state index contributed by atoms with van der Waals surface area (Å²) in [6.07, 6.45) is 0. The average Bonchev–Trinajstić information content (AvgIpc) is 2.80. The molecule has 2 rings (SSSR count). The summed E-state index contributed by atoms with van der Waals surface area (Å²) in [5.74, 6) is -5.26. The van der Waals surface area contributed by atoms with Crippen molar-refractivity contribution in [2.45, 2.75) is 6.92 Å². The van der Waals surface area contributed by atoms with Gasteiger partial charge in [0, 0.05) is 12.7 Å². The number of Topliss-reactive ketones (excluding diaryl/α,β-unsaturated/α-hetero) is 1. The van der Waals surface area contributed by atoms with Gasteiger partial charge in [-0.3, -0.25) is 9.59 Å². The van der Waals surface area contributed by atoms with E-state index in [0.717, 1.165) is 16.7 Å². The van der Waals surface area contributed by atoms with Crippen LogP contribution in [0.5, 0.6) is 0 Å². The quantitative estimate of drug-likeness (QED) is 0.429. The number of esters is 1. The van der Waals surface area contributed by atoms with Gasteiger partial charge in [-0.05, 0) is 41.1 Å². The van der Waals surface area contributed by atoms with Gasteiger partial charge in [-0.15, -0.1) is 0 Å². The summed E-state index contributed by atoms with van der Waals surface area (Å²) in [4.78, 5) is 36.0. The summed E-state index contributed by atoms with van der Waals surface area (Å²) in [6, 6.07) is 3.42. The highest BCUT2D eigenvalue weighted by molar-refractivity contribution is 9.10. The van der Waals surface area contributed by atoms with Crippen molar-refractivity contribution >= 4 is 50.9 Å². The van der Waals surface area contributed by atoms with Crippen LogP contribution in [0, 0.1) is 11.6 Å². The van der Waals surface area contributed by atoms with E-state index >= 15 is 0 Å². The molecule has 0 aliphatic carbocycles. The van der Waals surface area contributed by atoms with Crippen molar-refractivity contribution in [3.05, 3.63) is 50.7 Å². The Labute approximate surface area is 160 Å². The number of halogens is 4. The number of amides is 1. The first-order valence-corrected chi connectivity index (χ1v) is 8.37. The van der Waals surface area contributed by atoms with Crippen LogP contribution in [0.25, 0.3) is 0 Å². The molecule has 1 heterocycles. The Bertz CT molecular complexity index is 914. The smallest absolute Gasteiger partial charge is 0.379 e. The van der Waals surface area contributed by atoms with E-state index in [2.05, 4.69) is 26.0 Å². The van der Waals surface area contributed by atoms with Crippen LogP contribution in [0.15, 0.2) is 22.8 Å². The topological polar surface area (TPSA) is 77.4 Å². The van der Waals surface area contributed by atoms with Gasteiger partial charge in [0.2, 0.25) is 0 Å². The molecule has 1 aromatic carbocycles. The van der Waals surface area contributed by atoms with Crippen molar-refractivity contribution in [3.63, 3.8) is 0 Å². The summed E-state index contributed by atoms with van der Waals surface area (Å²) in [5, 5.41) is 2.12. The minimum atomic E-state index is -1.24. The Kier molecular flexibility index (Phi) is 6.14. The number of benzene rings is 1. The maximum Gasteiger partial charge on any atom is 0.379 e. The largest absolute Gasteiger partial charge is 0.460 e.